The first-order valence-electron chi connectivity index (χ1n) is 9.05. The lowest BCUT2D eigenvalue weighted by atomic mass is 10.0. The molecule has 0 aliphatic rings. The second-order valence-corrected chi connectivity index (χ2v) is 6.47. The van der Waals surface area contributed by atoms with Crippen molar-refractivity contribution < 1.29 is 4.79 Å². The first-order chi connectivity index (χ1) is 14.1. The third-order valence-electron chi connectivity index (χ3n) is 4.47. The van der Waals surface area contributed by atoms with E-state index in [2.05, 4.69) is 31.9 Å². The Balaban J connectivity index is 1.57. The average Bonchev–Trinajstić information content (AvgIpc) is 3.39. The summed E-state index contributed by atoms with van der Waals surface area (Å²) in [6.07, 6.45) is 14.4. The number of hydrogen-bond acceptors (Lipinski definition) is 5. The zero-order chi connectivity index (χ0) is 20.2. The monoisotopic (exact) mass is 385 g/mol. The summed E-state index contributed by atoms with van der Waals surface area (Å²) in [7, 11) is 1.89. The van der Waals surface area contributed by atoms with E-state index in [0.717, 1.165) is 33.6 Å². The Kier molecular flexibility index (Phi) is 4.95. The molecule has 1 amide bonds. The van der Waals surface area contributed by atoms with Gasteiger partial charge in [-0.1, -0.05) is 0 Å². The molecule has 4 heterocycles. The van der Waals surface area contributed by atoms with Gasteiger partial charge in [0, 0.05) is 67.2 Å². The molecule has 8 heteroatoms. The summed E-state index contributed by atoms with van der Waals surface area (Å²) in [6.45, 7) is 0.958. The minimum Gasteiger partial charge on any atom is -0.368 e. The van der Waals surface area contributed by atoms with Crippen molar-refractivity contribution in [3.8, 4) is 34.6 Å². The van der Waals surface area contributed by atoms with Crippen molar-refractivity contribution in [1.29, 1.82) is 0 Å². The SMILES string of the molecule is C#CC(=O)NCCNc1ccc(-c2cc(-c3cnn(C)c3)cn3nccc23)cn1. The summed E-state index contributed by atoms with van der Waals surface area (Å²) in [4.78, 5) is 15.5. The summed E-state index contributed by atoms with van der Waals surface area (Å²) < 4.78 is 3.63. The highest BCUT2D eigenvalue weighted by atomic mass is 16.1. The van der Waals surface area contributed by atoms with Crippen molar-refractivity contribution in [2.24, 2.45) is 7.05 Å². The molecule has 0 atom stereocenters. The largest absolute Gasteiger partial charge is 0.368 e. The first-order valence-corrected chi connectivity index (χ1v) is 9.05. The molecule has 8 nitrogen and oxygen atoms in total. The van der Waals surface area contributed by atoms with Gasteiger partial charge in [0.15, 0.2) is 0 Å². The second kappa shape index (κ2) is 7.86. The van der Waals surface area contributed by atoms with Crippen LogP contribution in [0.15, 0.2) is 55.2 Å². The number of fused-ring (bicyclic) bond motifs is 1. The number of nitrogens with zero attached hydrogens (tertiary/aromatic N) is 5. The van der Waals surface area contributed by atoms with E-state index in [-0.39, 0.29) is 0 Å². The Morgan fingerprint density at radius 1 is 1.10 bits per heavy atom. The molecular formula is C21H19N7O. The Hall–Kier alpha value is -4.12. The van der Waals surface area contributed by atoms with Crippen molar-refractivity contribution in [2.45, 2.75) is 0 Å². The van der Waals surface area contributed by atoms with Crippen molar-refractivity contribution >= 4 is 17.2 Å². The molecule has 0 unspecified atom stereocenters. The smallest absolute Gasteiger partial charge is 0.295 e. The van der Waals surface area contributed by atoms with E-state index in [0.29, 0.717) is 13.1 Å². The first kappa shape index (κ1) is 18.3. The number of terminal acetylenes is 1. The summed E-state index contributed by atoms with van der Waals surface area (Å²) in [5.74, 6) is 2.31. The van der Waals surface area contributed by atoms with Gasteiger partial charge in [-0.05, 0) is 30.2 Å². The van der Waals surface area contributed by atoms with Crippen molar-refractivity contribution in [2.75, 3.05) is 18.4 Å². The van der Waals surface area contributed by atoms with Crippen LogP contribution in [0.3, 0.4) is 0 Å². The Morgan fingerprint density at radius 2 is 2.00 bits per heavy atom. The van der Waals surface area contributed by atoms with E-state index >= 15 is 0 Å². The van der Waals surface area contributed by atoms with Gasteiger partial charge in [0.1, 0.15) is 5.82 Å². The standard InChI is InChI=1S/C21H19N7O/c1-3-21(29)23-9-8-22-20-5-4-15(11-24-20)18-10-16(17-12-26-27(2)13-17)14-28-19(18)6-7-25-28/h1,4-7,10-14H,8-9H2,2H3,(H,22,24)(H,23,29). The van der Waals surface area contributed by atoms with Crippen LogP contribution >= 0.6 is 0 Å². The van der Waals surface area contributed by atoms with Crippen LogP contribution < -0.4 is 10.6 Å². The van der Waals surface area contributed by atoms with E-state index < -0.39 is 5.91 Å². The molecule has 4 aromatic rings. The van der Waals surface area contributed by atoms with Gasteiger partial charge in [-0.3, -0.25) is 9.48 Å². The molecule has 0 saturated carbocycles. The topological polar surface area (TPSA) is 89.1 Å². The van der Waals surface area contributed by atoms with Crippen LogP contribution in [0.25, 0.3) is 27.8 Å². The van der Waals surface area contributed by atoms with Gasteiger partial charge >= 0.3 is 0 Å². The predicted molar refractivity (Wildman–Crippen MR) is 111 cm³/mol. The fraction of sp³-hybridized carbons (Fsp3) is 0.143. The van der Waals surface area contributed by atoms with Crippen LogP contribution in [0, 0.1) is 12.3 Å². The van der Waals surface area contributed by atoms with Crippen LogP contribution in [0.5, 0.6) is 0 Å². The Bertz CT molecular complexity index is 1200. The highest BCUT2D eigenvalue weighted by Gasteiger charge is 2.10. The molecule has 4 rings (SSSR count). The number of carbonyl (C=O) groups excluding carboxylic acids is 1. The molecule has 0 spiro atoms. The lowest BCUT2D eigenvalue weighted by Crippen LogP contribution is -2.27. The molecular weight excluding hydrogens is 366 g/mol. The molecule has 0 radical (unpaired) electrons. The van der Waals surface area contributed by atoms with Gasteiger partial charge in [0.2, 0.25) is 0 Å². The number of hydrogen-bond donors (Lipinski definition) is 2. The van der Waals surface area contributed by atoms with Crippen molar-refractivity contribution in [1.82, 2.24) is 29.7 Å². The van der Waals surface area contributed by atoms with Gasteiger partial charge in [-0.25, -0.2) is 9.50 Å². The van der Waals surface area contributed by atoms with Crippen LogP contribution in [-0.4, -0.2) is 43.4 Å². The maximum absolute atomic E-state index is 11.0. The van der Waals surface area contributed by atoms with Gasteiger partial charge in [-0.2, -0.15) is 10.2 Å². The molecule has 0 fully saturated rings. The minimum absolute atomic E-state index is 0.423. The molecule has 0 saturated heterocycles. The highest BCUT2D eigenvalue weighted by Crippen LogP contribution is 2.30. The summed E-state index contributed by atoms with van der Waals surface area (Å²) in [6, 6.07) is 8.00. The quantitative estimate of drug-likeness (QED) is 0.391. The number of rotatable bonds is 6. The van der Waals surface area contributed by atoms with Crippen molar-refractivity contribution in [3.63, 3.8) is 0 Å². The van der Waals surface area contributed by atoms with Gasteiger partial charge in [0.25, 0.3) is 5.91 Å². The zero-order valence-corrected chi connectivity index (χ0v) is 15.8. The number of aryl methyl sites for hydroxylation is 1. The fourth-order valence-corrected chi connectivity index (χ4v) is 3.06. The van der Waals surface area contributed by atoms with Crippen LogP contribution in [0.1, 0.15) is 0 Å². The molecule has 29 heavy (non-hydrogen) atoms. The summed E-state index contributed by atoms with van der Waals surface area (Å²) >= 11 is 0. The number of pyridine rings is 2. The molecule has 0 aliphatic heterocycles. The van der Waals surface area contributed by atoms with Gasteiger partial charge in [-0.15, -0.1) is 6.42 Å². The van der Waals surface area contributed by atoms with Crippen LogP contribution in [-0.2, 0) is 11.8 Å². The number of anilines is 1. The fourth-order valence-electron chi connectivity index (χ4n) is 3.06. The van der Waals surface area contributed by atoms with Crippen LogP contribution in [0.4, 0.5) is 5.82 Å². The molecule has 144 valence electrons. The van der Waals surface area contributed by atoms with Gasteiger partial charge < -0.3 is 10.6 Å². The number of aromatic nitrogens is 5. The normalized spacial score (nSPS) is 10.6. The average molecular weight is 385 g/mol. The molecule has 0 bridgehead atoms. The highest BCUT2D eigenvalue weighted by molar-refractivity contribution is 5.92. The predicted octanol–water partition coefficient (Wildman–Crippen LogP) is 1.96. The molecule has 4 aromatic heterocycles. The third kappa shape index (κ3) is 3.94. The lowest BCUT2D eigenvalue weighted by Gasteiger charge is -2.09. The lowest BCUT2D eigenvalue weighted by molar-refractivity contribution is -0.115. The summed E-state index contributed by atoms with van der Waals surface area (Å²) in [5, 5.41) is 14.4. The number of carbonyl (C=O) groups is 1. The molecule has 0 aromatic carbocycles. The van der Waals surface area contributed by atoms with E-state index in [1.165, 1.54) is 0 Å². The van der Waals surface area contributed by atoms with Crippen molar-refractivity contribution in [3.05, 3.63) is 55.2 Å². The van der Waals surface area contributed by atoms with E-state index in [4.69, 9.17) is 6.42 Å². The molecule has 2 N–H and O–H groups in total. The maximum Gasteiger partial charge on any atom is 0.295 e. The van der Waals surface area contributed by atoms with E-state index in [1.54, 1.807) is 10.9 Å². The van der Waals surface area contributed by atoms with Crippen LogP contribution in [0.2, 0.25) is 0 Å². The molecule has 0 aliphatic carbocycles. The number of amides is 1. The maximum atomic E-state index is 11.0. The zero-order valence-electron chi connectivity index (χ0n) is 15.8. The Morgan fingerprint density at radius 3 is 2.72 bits per heavy atom. The minimum atomic E-state index is -0.423. The van der Waals surface area contributed by atoms with Gasteiger partial charge in [0.05, 0.1) is 11.7 Å². The Labute approximate surface area is 167 Å². The second-order valence-electron chi connectivity index (χ2n) is 6.47. The third-order valence-corrected chi connectivity index (χ3v) is 4.47. The van der Waals surface area contributed by atoms with E-state index in [1.807, 2.05) is 60.5 Å². The summed E-state index contributed by atoms with van der Waals surface area (Å²) in [5.41, 5.74) is 5.05. The number of nitrogens with one attached hydrogen (secondary N) is 2. The van der Waals surface area contributed by atoms with E-state index in [9.17, 15) is 4.79 Å².